The third-order valence-corrected chi connectivity index (χ3v) is 4.17. The first-order valence-electron chi connectivity index (χ1n) is 5.87. The van der Waals surface area contributed by atoms with Gasteiger partial charge in [-0.15, -0.1) is 0 Å². The molecule has 1 unspecified atom stereocenters. The van der Waals surface area contributed by atoms with Gasteiger partial charge in [0, 0.05) is 0 Å². The summed E-state index contributed by atoms with van der Waals surface area (Å²) in [5.41, 5.74) is 0. The zero-order valence-electron chi connectivity index (χ0n) is 9.13. The van der Waals surface area contributed by atoms with E-state index in [-0.39, 0.29) is 0 Å². The smallest absolute Gasteiger partial charge is 0.00695 e. The standard InChI is InChI=1S/C12H24S/c1-3-10(2)8-11-4-6-12(9-13)7-5-11/h10-13H,3-9H2,1-2H3. The number of hydrogen-bond acceptors (Lipinski definition) is 1. The molecule has 0 bridgehead atoms. The normalized spacial score (nSPS) is 31.6. The maximum absolute atomic E-state index is 4.38. The molecule has 0 spiro atoms. The predicted octanol–water partition coefficient (Wildman–Crippen LogP) is 4.16. The van der Waals surface area contributed by atoms with Crippen LogP contribution in [0.2, 0.25) is 0 Å². The van der Waals surface area contributed by atoms with Crippen molar-refractivity contribution < 1.29 is 0 Å². The summed E-state index contributed by atoms with van der Waals surface area (Å²) in [7, 11) is 0. The number of hydrogen-bond donors (Lipinski definition) is 1. The third-order valence-electron chi connectivity index (χ3n) is 3.66. The Morgan fingerprint density at radius 2 is 1.69 bits per heavy atom. The minimum Gasteiger partial charge on any atom is -0.179 e. The first kappa shape index (κ1) is 11.4. The van der Waals surface area contributed by atoms with Gasteiger partial charge >= 0.3 is 0 Å². The zero-order chi connectivity index (χ0) is 9.68. The van der Waals surface area contributed by atoms with E-state index in [4.69, 9.17) is 0 Å². The van der Waals surface area contributed by atoms with Crippen molar-refractivity contribution in [1.29, 1.82) is 0 Å². The summed E-state index contributed by atoms with van der Waals surface area (Å²) in [6.07, 6.45) is 8.63. The van der Waals surface area contributed by atoms with Crippen LogP contribution in [0, 0.1) is 17.8 Å². The lowest BCUT2D eigenvalue weighted by Gasteiger charge is -2.29. The topological polar surface area (TPSA) is 0 Å². The van der Waals surface area contributed by atoms with Crippen LogP contribution in [-0.4, -0.2) is 5.75 Å². The molecule has 1 saturated carbocycles. The molecule has 1 rings (SSSR count). The fourth-order valence-electron chi connectivity index (χ4n) is 2.39. The van der Waals surface area contributed by atoms with Crippen LogP contribution < -0.4 is 0 Å². The highest BCUT2D eigenvalue weighted by molar-refractivity contribution is 7.80. The number of thiol groups is 1. The molecule has 1 aliphatic rings. The summed E-state index contributed by atoms with van der Waals surface area (Å²) in [5.74, 6) is 4.01. The van der Waals surface area contributed by atoms with Gasteiger partial charge in [0.15, 0.2) is 0 Å². The van der Waals surface area contributed by atoms with Crippen LogP contribution in [0.4, 0.5) is 0 Å². The molecule has 0 amide bonds. The molecular formula is C12H24S. The minimum atomic E-state index is 0.927. The highest BCUT2D eigenvalue weighted by Crippen LogP contribution is 2.33. The zero-order valence-corrected chi connectivity index (χ0v) is 10.0. The van der Waals surface area contributed by atoms with E-state index < -0.39 is 0 Å². The van der Waals surface area contributed by atoms with Gasteiger partial charge in [0.25, 0.3) is 0 Å². The van der Waals surface area contributed by atoms with E-state index in [0.717, 1.165) is 23.5 Å². The second kappa shape index (κ2) is 5.95. The van der Waals surface area contributed by atoms with Crippen molar-refractivity contribution >= 4 is 12.6 Å². The van der Waals surface area contributed by atoms with Crippen molar-refractivity contribution in [1.82, 2.24) is 0 Å². The minimum absolute atomic E-state index is 0.927. The van der Waals surface area contributed by atoms with Crippen molar-refractivity contribution in [3.8, 4) is 0 Å². The average molecular weight is 200 g/mol. The number of rotatable bonds is 4. The van der Waals surface area contributed by atoms with Gasteiger partial charge < -0.3 is 0 Å². The lowest BCUT2D eigenvalue weighted by atomic mass is 9.78. The van der Waals surface area contributed by atoms with Gasteiger partial charge in [-0.1, -0.05) is 33.1 Å². The Morgan fingerprint density at radius 3 is 2.15 bits per heavy atom. The van der Waals surface area contributed by atoms with Crippen molar-refractivity contribution in [2.24, 2.45) is 17.8 Å². The van der Waals surface area contributed by atoms with Crippen molar-refractivity contribution in [3.63, 3.8) is 0 Å². The molecule has 0 radical (unpaired) electrons. The van der Waals surface area contributed by atoms with Crippen LogP contribution in [0.5, 0.6) is 0 Å². The highest BCUT2D eigenvalue weighted by atomic mass is 32.1. The van der Waals surface area contributed by atoms with Gasteiger partial charge in [-0.25, -0.2) is 0 Å². The molecule has 1 fully saturated rings. The van der Waals surface area contributed by atoms with Gasteiger partial charge in [-0.05, 0) is 42.8 Å². The van der Waals surface area contributed by atoms with Crippen molar-refractivity contribution in [2.75, 3.05) is 5.75 Å². The van der Waals surface area contributed by atoms with Crippen molar-refractivity contribution in [3.05, 3.63) is 0 Å². The van der Waals surface area contributed by atoms with Crippen LogP contribution >= 0.6 is 12.6 Å². The van der Waals surface area contributed by atoms with Gasteiger partial charge in [0.05, 0.1) is 0 Å². The first-order valence-corrected chi connectivity index (χ1v) is 6.50. The molecule has 0 aromatic rings. The van der Waals surface area contributed by atoms with E-state index in [1.807, 2.05) is 0 Å². The summed E-state index contributed by atoms with van der Waals surface area (Å²) in [6, 6.07) is 0. The molecule has 0 aliphatic heterocycles. The summed E-state index contributed by atoms with van der Waals surface area (Å²) in [5, 5.41) is 0. The van der Waals surface area contributed by atoms with Crippen LogP contribution in [0.3, 0.4) is 0 Å². The van der Waals surface area contributed by atoms with Crippen molar-refractivity contribution in [2.45, 2.75) is 52.4 Å². The van der Waals surface area contributed by atoms with E-state index >= 15 is 0 Å². The molecule has 0 aromatic carbocycles. The predicted molar refractivity (Wildman–Crippen MR) is 63.4 cm³/mol. The van der Waals surface area contributed by atoms with Crippen LogP contribution in [0.15, 0.2) is 0 Å². The van der Waals surface area contributed by atoms with Gasteiger partial charge in [-0.2, -0.15) is 12.6 Å². The summed E-state index contributed by atoms with van der Waals surface area (Å²) in [6.45, 7) is 4.70. The maximum atomic E-state index is 4.38. The fraction of sp³-hybridized carbons (Fsp3) is 1.00. The van der Waals surface area contributed by atoms with Gasteiger partial charge in [-0.3, -0.25) is 0 Å². The molecule has 1 heteroatoms. The second-order valence-electron chi connectivity index (χ2n) is 4.82. The Bertz CT molecular complexity index is 125. The molecule has 0 heterocycles. The van der Waals surface area contributed by atoms with Crippen LogP contribution in [0.25, 0.3) is 0 Å². The van der Waals surface area contributed by atoms with Crippen LogP contribution in [0.1, 0.15) is 52.4 Å². The Kier molecular flexibility index (Phi) is 5.23. The monoisotopic (exact) mass is 200 g/mol. The largest absolute Gasteiger partial charge is 0.179 e. The van der Waals surface area contributed by atoms with E-state index in [1.165, 1.54) is 38.5 Å². The molecule has 78 valence electrons. The van der Waals surface area contributed by atoms with E-state index in [1.54, 1.807) is 0 Å². The van der Waals surface area contributed by atoms with E-state index in [0.29, 0.717) is 0 Å². The maximum Gasteiger partial charge on any atom is -0.00695 e. The third kappa shape index (κ3) is 3.93. The second-order valence-corrected chi connectivity index (χ2v) is 5.18. The van der Waals surface area contributed by atoms with Gasteiger partial charge in [0.1, 0.15) is 0 Å². The first-order chi connectivity index (χ1) is 6.26. The molecule has 1 aliphatic carbocycles. The molecule has 1 atom stereocenters. The Balaban J connectivity index is 2.17. The van der Waals surface area contributed by atoms with E-state index in [9.17, 15) is 0 Å². The summed E-state index contributed by atoms with van der Waals surface area (Å²) in [4.78, 5) is 0. The lowest BCUT2D eigenvalue weighted by Crippen LogP contribution is -2.17. The molecule has 0 nitrogen and oxygen atoms in total. The van der Waals surface area contributed by atoms with Gasteiger partial charge in [0.2, 0.25) is 0 Å². The van der Waals surface area contributed by atoms with Crippen LogP contribution in [-0.2, 0) is 0 Å². The quantitative estimate of drug-likeness (QED) is 0.647. The van der Waals surface area contributed by atoms with E-state index in [2.05, 4.69) is 26.5 Å². The summed E-state index contributed by atoms with van der Waals surface area (Å²) < 4.78 is 0. The molecular weight excluding hydrogens is 176 g/mol. The SMILES string of the molecule is CCC(C)CC1CCC(CS)CC1. The Hall–Kier alpha value is 0.350. The Labute approximate surface area is 88.9 Å². The lowest BCUT2D eigenvalue weighted by molar-refractivity contribution is 0.251. The Morgan fingerprint density at radius 1 is 1.15 bits per heavy atom. The molecule has 0 saturated heterocycles. The summed E-state index contributed by atoms with van der Waals surface area (Å²) >= 11 is 4.38. The molecule has 13 heavy (non-hydrogen) atoms. The highest BCUT2D eigenvalue weighted by Gasteiger charge is 2.20. The molecule has 0 N–H and O–H groups in total. The molecule has 0 aromatic heterocycles. The fourth-order valence-corrected chi connectivity index (χ4v) is 2.75. The average Bonchev–Trinajstić information content (AvgIpc) is 2.19.